The number of thiazole rings is 1. The number of anilines is 1. The van der Waals surface area contributed by atoms with Gasteiger partial charge < -0.3 is 20.1 Å². The van der Waals surface area contributed by atoms with E-state index < -0.39 is 5.91 Å². The maximum atomic E-state index is 12.3. The van der Waals surface area contributed by atoms with E-state index in [1.807, 2.05) is 31.4 Å². The molecule has 1 aromatic carbocycles. The van der Waals surface area contributed by atoms with Crippen LogP contribution in [0.5, 0.6) is 11.5 Å². The number of methoxy groups -OCH3 is 2. The Labute approximate surface area is 156 Å². The van der Waals surface area contributed by atoms with Crippen LogP contribution < -0.4 is 20.1 Å². The molecule has 26 heavy (non-hydrogen) atoms. The average Bonchev–Trinajstić information content (AvgIpc) is 3.06. The summed E-state index contributed by atoms with van der Waals surface area (Å²) in [6.07, 6.45) is 1.36. The Bertz CT molecular complexity index is 854. The SMILES string of the molecule is COc1ccc(C(C)NC(=O)/C(C#N)=C\Nc2nc(C)cs2)cc1OC. The smallest absolute Gasteiger partial charge is 0.263 e. The largest absolute Gasteiger partial charge is 0.493 e. The second-order valence-electron chi connectivity index (χ2n) is 5.42. The van der Waals surface area contributed by atoms with Crippen LogP contribution in [0.4, 0.5) is 5.13 Å². The van der Waals surface area contributed by atoms with E-state index in [0.29, 0.717) is 16.6 Å². The van der Waals surface area contributed by atoms with Crippen molar-refractivity contribution in [3.8, 4) is 17.6 Å². The number of carbonyl (C=O) groups is 1. The number of benzene rings is 1. The summed E-state index contributed by atoms with van der Waals surface area (Å²) < 4.78 is 10.5. The van der Waals surface area contributed by atoms with Crippen molar-refractivity contribution >= 4 is 22.4 Å². The van der Waals surface area contributed by atoms with Gasteiger partial charge in [-0.3, -0.25) is 4.79 Å². The predicted molar refractivity (Wildman–Crippen MR) is 100 cm³/mol. The zero-order valence-electron chi connectivity index (χ0n) is 15.0. The van der Waals surface area contributed by atoms with E-state index >= 15 is 0 Å². The number of aryl methyl sites for hydroxylation is 1. The summed E-state index contributed by atoms with van der Waals surface area (Å²) in [6, 6.07) is 6.96. The van der Waals surface area contributed by atoms with Crippen molar-refractivity contribution in [3.63, 3.8) is 0 Å². The van der Waals surface area contributed by atoms with Gasteiger partial charge in [0, 0.05) is 11.6 Å². The van der Waals surface area contributed by atoms with Gasteiger partial charge in [-0.1, -0.05) is 6.07 Å². The summed E-state index contributed by atoms with van der Waals surface area (Å²) in [6.45, 7) is 3.69. The number of ether oxygens (including phenoxy) is 2. The van der Waals surface area contributed by atoms with Crippen LogP contribution in [0.25, 0.3) is 0 Å². The molecule has 0 spiro atoms. The Morgan fingerprint density at radius 3 is 2.65 bits per heavy atom. The molecule has 0 radical (unpaired) electrons. The number of carbonyl (C=O) groups excluding carboxylic acids is 1. The minimum absolute atomic E-state index is 0.0369. The van der Waals surface area contributed by atoms with Gasteiger partial charge in [0.05, 0.1) is 26.0 Å². The summed E-state index contributed by atoms with van der Waals surface area (Å²) in [4.78, 5) is 16.6. The lowest BCUT2D eigenvalue weighted by Gasteiger charge is -2.16. The first-order valence-electron chi connectivity index (χ1n) is 7.80. The molecule has 2 N–H and O–H groups in total. The molecule has 0 bridgehead atoms. The van der Waals surface area contributed by atoms with E-state index in [4.69, 9.17) is 9.47 Å². The molecule has 0 aliphatic heterocycles. The summed E-state index contributed by atoms with van der Waals surface area (Å²) >= 11 is 1.40. The highest BCUT2D eigenvalue weighted by molar-refractivity contribution is 7.13. The minimum atomic E-state index is -0.476. The molecule has 1 amide bonds. The van der Waals surface area contributed by atoms with Crippen molar-refractivity contribution in [1.82, 2.24) is 10.3 Å². The number of nitrogens with one attached hydrogen (secondary N) is 2. The highest BCUT2D eigenvalue weighted by atomic mass is 32.1. The van der Waals surface area contributed by atoms with Crippen molar-refractivity contribution in [2.75, 3.05) is 19.5 Å². The van der Waals surface area contributed by atoms with Gasteiger partial charge in [-0.2, -0.15) is 5.26 Å². The van der Waals surface area contributed by atoms with E-state index in [1.165, 1.54) is 17.5 Å². The lowest BCUT2D eigenvalue weighted by molar-refractivity contribution is -0.117. The Balaban J connectivity index is 2.08. The number of rotatable bonds is 7. The van der Waals surface area contributed by atoms with Crippen LogP contribution in [0.1, 0.15) is 24.2 Å². The fourth-order valence-corrected chi connectivity index (χ4v) is 2.84. The highest BCUT2D eigenvalue weighted by Crippen LogP contribution is 2.29. The molecule has 8 heteroatoms. The minimum Gasteiger partial charge on any atom is -0.493 e. The molecular weight excluding hydrogens is 352 g/mol. The Morgan fingerprint density at radius 2 is 2.08 bits per heavy atom. The molecule has 136 valence electrons. The first kappa shape index (κ1) is 19.3. The van der Waals surface area contributed by atoms with Crippen molar-refractivity contribution in [2.45, 2.75) is 19.9 Å². The van der Waals surface area contributed by atoms with Gasteiger partial charge in [-0.25, -0.2) is 4.98 Å². The maximum absolute atomic E-state index is 12.3. The highest BCUT2D eigenvalue weighted by Gasteiger charge is 2.15. The lowest BCUT2D eigenvalue weighted by atomic mass is 10.1. The van der Waals surface area contributed by atoms with E-state index in [0.717, 1.165) is 11.3 Å². The van der Waals surface area contributed by atoms with Crippen LogP contribution in [0, 0.1) is 18.3 Å². The third kappa shape index (κ3) is 4.74. The van der Waals surface area contributed by atoms with E-state index in [-0.39, 0.29) is 11.6 Å². The van der Waals surface area contributed by atoms with Gasteiger partial charge >= 0.3 is 0 Å². The Morgan fingerprint density at radius 1 is 1.35 bits per heavy atom. The molecule has 0 aliphatic rings. The molecular formula is C18H20N4O3S. The van der Waals surface area contributed by atoms with Crippen molar-refractivity contribution < 1.29 is 14.3 Å². The number of nitrogens with zero attached hydrogens (tertiary/aromatic N) is 2. The second kappa shape index (κ2) is 8.87. The number of hydrogen-bond donors (Lipinski definition) is 2. The molecule has 1 unspecified atom stereocenters. The predicted octanol–water partition coefficient (Wildman–Crippen LogP) is 3.17. The van der Waals surface area contributed by atoms with Gasteiger partial charge in [0.2, 0.25) is 0 Å². The van der Waals surface area contributed by atoms with E-state index in [9.17, 15) is 10.1 Å². The fourth-order valence-electron chi connectivity index (χ4n) is 2.18. The summed E-state index contributed by atoms with van der Waals surface area (Å²) in [5.74, 6) is 0.703. The summed E-state index contributed by atoms with van der Waals surface area (Å²) in [5.41, 5.74) is 1.66. The Hall–Kier alpha value is -3.05. The quantitative estimate of drug-likeness (QED) is 0.572. The lowest BCUT2D eigenvalue weighted by Crippen LogP contribution is -2.28. The van der Waals surface area contributed by atoms with Crippen LogP contribution in [-0.4, -0.2) is 25.1 Å². The van der Waals surface area contributed by atoms with Crippen LogP contribution in [0.3, 0.4) is 0 Å². The number of aromatic nitrogens is 1. The van der Waals surface area contributed by atoms with Gasteiger partial charge in [-0.05, 0) is 31.5 Å². The summed E-state index contributed by atoms with van der Waals surface area (Å²) in [5, 5.41) is 17.4. The molecule has 2 aromatic rings. The zero-order valence-corrected chi connectivity index (χ0v) is 15.8. The molecule has 1 heterocycles. The molecule has 0 aliphatic carbocycles. The number of hydrogen-bond acceptors (Lipinski definition) is 7. The first-order chi connectivity index (χ1) is 12.5. The normalized spacial score (nSPS) is 12.0. The zero-order chi connectivity index (χ0) is 19.1. The standard InChI is InChI=1S/C18H20N4O3S/c1-11-10-26-18(21-11)20-9-14(8-19)17(23)22-12(2)13-5-6-15(24-3)16(7-13)25-4/h5-7,9-10,12H,1-4H3,(H,20,21)(H,22,23)/b14-9-. The molecule has 1 atom stereocenters. The van der Waals surface area contributed by atoms with Crippen LogP contribution in [-0.2, 0) is 4.79 Å². The molecule has 0 fully saturated rings. The number of amides is 1. The summed E-state index contributed by atoms with van der Waals surface area (Å²) in [7, 11) is 3.11. The molecule has 1 aromatic heterocycles. The van der Waals surface area contributed by atoms with Gasteiger partial charge in [-0.15, -0.1) is 11.3 Å². The van der Waals surface area contributed by atoms with E-state index in [2.05, 4.69) is 15.6 Å². The molecule has 0 saturated carbocycles. The van der Waals surface area contributed by atoms with Crippen LogP contribution in [0.2, 0.25) is 0 Å². The monoisotopic (exact) mass is 372 g/mol. The Kier molecular flexibility index (Phi) is 6.58. The van der Waals surface area contributed by atoms with Crippen molar-refractivity contribution in [3.05, 3.63) is 46.6 Å². The van der Waals surface area contributed by atoms with Gasteiger partial charge in [0.1, 0.15) is 11.6 Å². The molecule has 0 saturated heterocycles. The molecule has 7 nitrogen and oxygen atoms in total. The fraction of sp³-hybridized carbons (Fsp3) is 0.278. The first-order valence-corrected chi connectivity index (χ1v) is 8.68. The van der Waals surface area contributed by atoms with Gasteiger partial charge in [0.25, 0.3) is 5.91 Å². The molecule has 2 rings (SSSR count). The van der Waals surface area contributed by atoms with Crippen molar-refractivity contribution in [1.29, 1.82) is 5.26 Å². The van der Waals surface area contributed by atoms with Crippen LogP contribution in [0.15, 0.2) is 35.4 Å². The second-order valence-corrected chi connectivity index (χ2v) is 6.28. The third-order valence-corrected chi connectivity index (χ3v) is 4.47. The topological polar surface area (TPSA) is 96.3 Å². The van der Waals surface area contributed by atoms with Gasteiger partial charge in [0.15, 0.2) is 16.6 Å². The third-order valence-electron chi connectivity index (χ3n) is 3.58. The van der Waals surface area contributed by atoms with Crippen molar-refractivity contribution in [2.24, 2.45) is 0 Å². The average molecular weight is 372 g/mol. The van der Waals surface area contributed by atoms with E-state index in [1.54, 1.807) is 26.4 Å². The number of nitriles is 1. The van der Waals surface area contributed by atoms with Crippen LogP contribution >= 0.6 is 11.3 Å². The maximum Gasteiger partial charge on any atom is 0.263 e.